The molecule has 56 heavy (non-hydrogen) atoms. The fraction of sp³-hybridized carbons (Fsp3) is 0.800. The van der Waals surface area contributed by atoms with Gasteiger partial charge in [0.25, 0.3) is 0 Å². The van der Waals surface area contributed by atoms with E-state index in [-0.39, 0.29) is 35.9 Å². The van der Waals surface area contributed by atoms with E-state index in [0.29, 0.717) is 25.7 Å². The largest absolute Gasteiger partial charge is 0.458 e. The number of carbonyl (C=O) groups excluding carboxylic acids is 3. The van der Waals surface area contributed by atoms with E-state index in [4.69, 9.17) is 14.2 Å². The summed E-state index contributed by atoms with van der Waals surface area (Å²) in [6.07, 6.45) is 9.62. The van der Waals surface area contributed by atoms with Crippen LogP contribution < -0.4 is 0 Å². The number of fused-ring (bicyclic) bond motifs is 2. The normalized spacial score (nSPS) is 45.1. The predicted molar refractivity (Wildman–Crippen MR) is 215 cm³/mol. The number of aliphatic hydroxyl groups excluding tert-OH is 4. The molecule has 11 nitrogen and oxygen atoms in total. The highest BCUT2D eigenvalue weighted by atomic mass is 16.7. The van der Waals surface area contributed by atoms with Crippen molar-refractivity contribution in [2.24, 2.45) is 53.3 Å². The van der Waals surface area contributed by atoms with Gasteiger partial charge in [0.15, 0.2) is 11.6 Å². The van der Waals surface area contributed by atoms with E-state index in [1.807, 2.05) is 32.1 Å². The highest BCUT2D eigenvalue weighted by molar-refractivity contribution is 5.91. The van der Waals surface area contributed by atoms with Crippen molar-refractivity contribution in [2.45, 2.75) is 175 Å². The van der Waals surface area contributed by atoms with Crippen molar-refractivity contribution in [3.8, 4) is 0 Å². The molecule has 0 saturated carbocycles. The molecule has 18 atom stereocenters. The summed E-state index contributed by atoms with van der Waals surface area (Å²) >= 11 is 0. The fourth-order valence-corrected chi connectivity index (χ4v) is 9.01. The Hall–Kier alpha value is -2.25. The zero-order valence-corrected chi connectivity index (χ0v) is 35.8. The van der Waals surface area contributed by atoms with E-state index in [0.717, 1.165) is 19.3 Å². The molecule has 2 bridgehead atoms. The maximum Gasteiger partial charge on any atom is 0.330 e. The number of Topliss-reactive ketones (excluding diaryl/α,β-unsaturated/α-hetero) is 2. The van der Waals surface area contributed by atoms with Crippen LogP contribution in [0.5, 0.6) is 0 Å². The van der Waals surface area contributed by atoms with E-state index in [2.05, 4.69) is 19.9 Å². The molecule has 1 spiro atoms. The number of ketones is 2. The molecule has 5 N–H and O–H groups in total. The molecule has 320 valence electrons. The second-order valence-electron chi connectivity index (χ2n) is 18.0. The van der Waals surface area contributed by atoms with Crippen LogP contribution in [0.15, 0.2) is 36.5 Å². The SMILES string of the molecule is CC[C@@H]1C=CC=CC[C@H](C)C(O)[C@](C)(O)C(=O)[C@H](C)C(O)[C@H](C)C(=O)[C@H](C)[C@@H](O)[C@H](C)C=CC(=O)O[C@H]2[C@@H](C)[C@@H](CC1)O[C@@]1(CC[C@@H](C)[C@@H](C[C@H](C)O)O1)[C@@H]2C. The van der Waals surface area contributed by atoms with Crippen molar-refractivity contribution in [3.63, 3.8) is 0 Å². The molecule has 0 aromatic rings. The summed E-state index contributed by atoms with van der Waals surface area (Å²) in [7, 11) is 0. The van der Waals surface area contributed by atoms with Crippen molar-refractivity contribution in [3.05, 3.63) is 36.5 Å². The smallest absolute Gasteiger partial charge is 0.330 e. The van der Waals surface area contributed by atoms with Gasteiger partial charge < -0.3 is 39.7 Å². The molecule has 2 unspecified atom stereocenters. The Bertz CT molecular complexity index is 1390. The van der Waals surface area contributed by atoms with Crippen molar-refractivity contribution in [1.82, 2.24) is 0 Å². The average Bonchev–Trinajstić information content (AvgIpc) is 3.16. The minimum absolute atomic E-state index is 0.168. The summed E-state index contributed by atoms with van der Waals surface area (Å²) in [5.74, 6) is -7.28. The molecule has 3 rings (SSSR count). The van der Waals surface area contributed by atoms with Crippen molar-refractivity contribution >= 4 is 17.5 Å². The van der Waals surface area contributed by atoms with Crippen molar-refractivity contribution in [2.75, 3.05) is 0 Å². The van der Waals surface area contributed by atoms with Crippen LogP contribution in [0.1, 0.15) is 121 Å². The van der Waals surface area contributed by atoms with Gasteiger partial charge >= 0.3 is 5.97 Å². The first kappa shape index (κ1) is 48.1. The van der Waals surface area contributed by atoms with Crippen LogP contribution >= 0.6 is 0 Å². The fourth-order valence-electron chi connectivity index (χ4n) is 9.01. The zero-order chi connectivity index (χ0) is 42.3. The standard InChI is InChI=1S/C45H74O11/c1-12-34-17-15-13-14-16-27(4)42(51)44(11,53)43(52)32(9)40(50)31(8)39(49)30(7)38(48)26(3)18-21-37(47)54-41-29(6)35(20-19-34)55-45(33(41)10)23-22-25(2)36(56-45)24-28(5)46/h13-15,17-18,21,25-36,38,40-42,46,48,50-51,53H,12,16,19-20,22-24H2,1-11H3/t25-,26-,27+,28+,29+,30-,31-,32-,33-,34-,35-,36-,38+,40?,41+,42?,44+,45-/m1/s1. The third-order valence-electron chi connectivity index (χ3n) is 13.4. The lowest BCUT2D eigenvalue weighted by Gasteiger charge is -2.55. The van der Waals surface area contributed by atoms with Crippen molar-refractivity contribution < 1.29 is 54.1 Å². The maximum absolute atomic E-state index is 13.5. The minimum atomic E-state index is -2.18. The van der Waals surface area contributed by atoms with Gasteiger partial charge in [-0.2, -0.15) is 0 Å². The molecular weight excluding hydrogens is 716 g/mol. The van der Waals surface area contributed by atoms with Crippen molar-refractivity contribution in [1.29, 1.82) is 0 Å². The highest BCUT2D eigenvalue weighted by Gasteiger charge is 2.56. The molecule has 0 aliphatic carbocycles. The summed E-state index contributed by atoms with van der Waals surface area (Å²) in [6.45, 7) is 19.1. The third kappa shape index (κ3) is 11.5. The summed E-state index contributed by atoms with van der Waals surface area (Å²) < 4.78 is 20.0. The topological polar surface area (TPSA) is 180 Å². The van der Waals surface area contributed by atoms with Crippen LogP contribution in [0, 0.1) is 53.3 Å². The van der Waals surface area contributed by atoms with E-state index in [1.54, 1.807) is 20.8 Å². The summed E-state index contributed by atoms with van der Waals surface area (Å²) in [6, 6.07) is 0. The number of rotatable bonds is 3. The van der Waals surface area contributed by atoms with Crippen LogP contribution in [0.2, 0.25) is 0 Å². The lowest BCUT2D eigenvalue weighted by atomic mass is 9.74. The van der Waals surface area contributed by atoms with Gasteiger partial charge in [-0.25, -0.2) is 4.79 Å². The predicted octanol–water partition coefficient (Wildman–Crippen LogP) is 5.88. The molecule has 0 radical (unpaired) electrons. The Labute approximate surface area is 336 Å². The lowest BCUT2D eigenvalue weighted by molar-refractivity contribution is -0.371. The second kappa shape index (κ2) is 20.6. The second-order valence-corrected chi connectivity index (χ2v) is 18.0. The third-order valence-corrected chi connectivity index (χ3v) is 13.4. The number of allylic oxidation sites excluding steroid dienone is 4. The van der Waals surface area contributed by atoms with E-state index >= 15 is 0 Å². The van der Waals surface area contributed by atoms with Gasteiger partial charge in [-0.1, -0.05) is 92.7 Å². The zero-order valence-electron chi connectivity index (χ0n) is 35.8. The lowest BCUT2D eigenvalue weighted by Crippen LogP contribution is -2.62. The molecule has 3 aliphatic heterocycles. The molecule has 3 heterocycles. The first-order valence-electron chi connectivity index (χ1n) is 21.2. The van der Waals surface area contributed by atoms with E-state index in [9.17, 15) is 39.9 Å². The Morgan fingerprint density at radius 2 is 1.48 bits per heavy atom. The Morgan fingerprint density at radius 3 is 2.11 bits per heavy atom. The first-order valence-corrected chi connectivity index (χ1v) is 21.2. The molecule has 2 fully saturated rings. The van der Waals surface area contributed by atoms with Crippen LogP contribution in [-0.2, 0) is 28.6 Å². The summed E-state index contributed by atoms with van der Waals surface area (Å²) in [5.41, 5.74) is -2.18. The molecule has 3 aliphatic rings. The number of aliphatic hydroxyl groups is 5. The Balaban J connectivity index is 1.99. The Morgan fingerprint density at radius 1 is 0.839 bits per heavy atom. The molecule has 2 saturated heterocycles. The number of hydrogen-bond donors (Lipinski definition) is 5. The van der Waals surface area contributed by atoms with Gasteiger partial charge in [-0.05, 0) is 70.1 Å². The first-order chi connectivity index (χ1) is 26.1. The summed E-state index contributed by atoms with van der Waals surface area (Å²) in [5, 5.41) is 55.0. The van der Waals surface area contributed by atoms with Crippen LogP contribution in [0.25, 0.3) is 0 Å². The van der Waals surface area contributed by atoms with Gasteiger partial charge in [0.2, 0.25) is 0 Å². The van der Waals surface area contributed by atoms with E-state index in [1.165, 1.54) is 39.8 Å². The van der Waals surface area contributed by atoms with Gasteiger partial charge in [-0.15, -0.1) is 0 Å². The molecule has 11 heteroatoms. The quantitative estimate of drug-likeness (QED) is 0.216. The van der Waals surface area contributed by atoms with Crippen LogP contribution in [-0.4, -0.2) is 97.2 Å². The van der Waals surface area contributed by atoms with Crippen LogP contribution in [0.3, 0.4) is 0 Å². The number of carbonyl (C=O) groups is 3. The highest BCUT2D eigenvalue weighted by Crippen LogP contribution is 2.49. The number of ether oxygens (including phenoxy) is 3. The number of hydrogen-bond acceptors (Lipinski definition) is 11. The average molecular weight is 791 g/mol. The minimum Gasteiger partial charge on any atom is -0.458 e. The molecule has 0 aromatic heterocycles. The van der Waals surface area contributed by atoms with Gasteiger partial charge in [0, 0.05) is 48.0 Å². The monoisotopic (exact) mass is 791 g/mol. The number of esters is 1. The molecular formula is C45H74O11. The van der Waals surface area contributed by atoms with Gasteiger partial charge in [0.1, 0.15) is 17.5 Å². The Kier molecular flexibility index (Phi) is 17.7. The molecule has 0 aromatic carbocycles. The van der Waals surface area contributed by atoms with Gasteiger partial charge in [-0.3, -0.25) is 9.59 Å². The molecule has 0 amide bonds. The van der Waals surface area contributed by atoms with E-state index < -0.39 is 89.0 Å². The maximum atomic E-state index is 13.5. The summed E-state index contributed by atoms with van der Waals surface area (Å²) in [4.78, 5) is 40.5. The van der Waals surface area contributed by atoms with Crippen LogP contribution in [0.4, 0.5) is 0 Å². The van der Waals surface area contributed by atoms with Gasteiger partial charge in [0.05, 0.1) is 36.6 Å².